The SMILES string of the molecule is CCOC(C)(C)CNC(CC)CC(N)=NO. The van der Waals surface area contributed by atoms with Gasteiger partial charge in [0, 0.05) is 25.6 Å². The normalized spacial score (nSPS) is 15.1. The van der Waals surface area contributed by atoms with Crippen LogP contribution in [0, 0.1) is 0 Å². The average Bonchev–Trinajstić information content (AvgIpc) is 2.23. The van der Waals surface area contributed by atoms with E-state index in [1.807, 2.05) is 20.8 Å². The number of amidine groups is 1. The van der Waals surface area contributed by atoms with Crippen LogP contribution < -0.4 is 11.1 Å². The molecule has 0 aliphatic heterocycles. The number of oxime groups is 1. The molecule has 5 heteroatoms. The molecule has 0 aliphatic carbocycles. The van der Waals surface area contributed by atoms with Crippen LogP contribution in [0.15, 0.2) is 5.16 Å². The zero-order valence-corrected chi connectivity index (χ0v) is 10.8. The fraction of sp³-hybridized carbons (Fsp3) is 0.909. The van der Waals surface area contributed by atoms with E-state index in [9.17, 15) is 0 Å². The van der Waals surface area contributed by atoms with Crippen molar-refractivity contribution in [2.75, 3.05) is 13.2 Å². The standard InChI is InChI=1S/C11H25N3O2/c1-5-9(7-10(12)14-15)13-8-11(3,4)16-6-2/h9,13,15H,5-8H2,1-4H3,(H2,12,14). The summed E-state index contributed by atoms with van der Waals surface area (Å²) in [4.78, 5) is 0. The van der Waals surface area contributed by atoms with Gasteiger partial charge >= 0.3 is 0 Å². The minimum absolute atomic E-state index is 0.187. The number of hydrogen-bond donors (Lipinski definition) is 3. The molecule has 0 amide bonds. The van der Waals surface area contributed by atoms with E-state index in [1.54, 1.807) is 0 Å². The fourth-order valence-electron chi connectivity index (χ4n) is 1.49. The molecule has 0 bridgehead atoms. The van der Waals surface area contributed by atoms with Crippen LogP contribution in [0.3, 0.4) is 0 Å². The van der Waals surface area contributed by atoms with Crippen molar-refractivity contribution >= 4 is 5.84 Å². The first-order chi connectivity index (χ1) is 7.45. The summed E-state index contributed by atoms with van der Waals surface area (Å²) < 4.78 is 5.58. The van der Waals surface area contributed by atoms with Crippen molar-refractivity contribution < 1.29 is 9.94 Å². The summed E-state index contributed by atoms with van der Waals surface area (Å²) in [6, 6.07) is 0.218. The molecule has 0 aromatic rings. The van der Waals surface area contributed by atoms with Crippen LogP contribution in [-0.2, 0) is 4.74 Å². The number of nitrogens with two attached hydrogens (primary N) is 1. The maximum Gasteiger partial charge on any atom is 0.140 e. The van der Waals surface area contributed by atoms with E-state index in [2.05, 4.69) is 17.4 Å². The highest BCUT2D eigenvalue weighted by Crippen LogP contribution is 2.08. The van der Waals surface area contributed by atoms with Crippen molar-refractivity contribution in [1.29, 1.82) is 0 Å². The van der Waals surface area contributed by atoms with Gasteiger partial charge in [-0.2, -0.15) is 0 Å². The Hall–Kier alpha value is -0.810. The van der Waals surface area contributed by atoms with Gasteiger partial charge in [0.05, 0.1) is 5.60 Å². The van der Waals surface area contributed by atoms with Gasteiger partial charge in [0.25, 0.3) is 0 Å². The van der Waals surface area contributed by atoms with Gasteiger partial charge in [-0.05, 0) is 27.2 Å². The second-order valence-electron chi connectivity index (χ2n) is 4.47. The molecule has 0 rings (SSSR count). The molecule has 1 atom stereocenters. The molecular weight excluding hydrogens is 206 g/mol. The quantitative estimate of drug-likeness (QED) is 0.255. The molecule has 5 nitrogen and oxygen atoms in total. The van der Waals surface area contributed by atoms with Crippen molar-refractivity contribution in [2.45, 2.75) is 52.2 Å². The second-order valence-corrected chi connectivity index (χ2v) is 4.47. The minimum atomic E-state index is -0.187. The summed E-state index contributed by atoms with van der Waals surface area (Å²) in [7, 11) is 0. The monoisotopic (exact) mass is 231 g/mol. The van der Waals surface area contributed by atoms with Crippen LogP contribution in [0.4, 0.5) is 0 Å². The smallest absolute Gasteiger partial charge is 0.140 e. The van der Waals surface area contributed by atoms with Gasteiger partial charge in [-0.1, -0.05) is 12.1 Å². The molecule has 0 aliphatic rings. The van der Waals surface area contributed by atoms with E-state index in [0.717, 1.165) is 13.0 Å². The van der Waals surface area contributed by atoms with Crippen molar-refractivity contribution in [2.24, 2.45) is 10.9 Å². The summed E-state index contributed by atoms with van der Waals surface area (Å²) in [5, 5.41) is 14.8. The molecule has 0 heterocycles. The molecule has 96 valence electrons. The van der Waals surface area contributed by atoms with Crippen LogP contribution in [0.25, 0.3) is 0 Å². The number of ether oxygens (including phenoxy) is 1. The van der Waals surface area contributed by atoms with Crippen molar-refractivity contribution in [1.82, 2.24) is 5.32 Å². The van der Waals surface area contributed by atoms with Crippen molar-refractivity contribution in [3.8, 4) is 0 Å². The van der Waals surface area contributed by atoms with Gasteiger partial charge in [-0.3, -0.25) is 0 Å². The summed E-state index contributed by atoms with van der Waals surface area (Å²) in [6.07, 6.45) is 1.48. The van der Waals surface area contributed by atoms with Crippen LogP contribution in [0.2, 0.25) is 0 Å². The van der Waals surface area contributed by atoms with Crippen molar-refractivity contribution in [3.05, 3.63) is 0 Å². The van der Waals surface area contributed by atoms with Gasteiger partial charge in [0.1, 0.15) is 5.84 Å². The third-order valence-electron chi connectivity index (χ3n) is 2.43. The molecule has 0 aromatic heterocycles. The molecule has 0 radical (unpaired) electrons. The zero-order chi connectivity index (χ0) is 12.6. The lowest BCUT2D eigenvalue weighted by Gasteiger charge is -2.27. The largest absolute Gasteiger partial charge is 0.409 e. The van der Waals surface area contributed by atoms with E-state index < -0.39 is 0 Å². The molecule has 0 fully saturated rings. The molecule has 1 unspecified atom stereocenters. The van der Waals surface area contributed by atoms with Gasteiger partial charge < -0.3 is 21.0 Å². The molecule has 4 N–H and O–H groups in total. The molecule has 0 saturated carbocycles. The first-order valence-electron chi connectivity index (χ1n) is 5.79. The van der Waals surface area contributed by atoms with Crippen LogP contribution in [-0.4, -0.2) is 35.8 Å². The number of hydrogen-bond acceptors (Lipinski definition) is 4. The summed E-state index contributed by atoms with van der Waals surface area (Å²) >= 11 is 0. The van der Waals surface area contributed by atoms with Crippen LogP contribution in [0.5, 0.6) is 0 Å². The first-order valence-corrected chi connectivity index (χ1v) is 5.79. The molecule has 0 saturated heterocycles. The lowest BCUT2D eigenvalue weighted by molar-refractivity contribution is -0.0105. The Morgan fingerprint density at radius 2 is 2.12 bits per heavy atom. The third kappa shape index (κ3) is 6.63. The topological polar surface area (TPSA) is 79.9 Å². The maximum atomic E-state index is 8.50. The Kier molecular flexibility index (Phi) is 7.08. The van der Waals surface area contributed by atoms with Gasteiger partial charge in [-0.25, -0.2) is 0 Å². The summed E-state index contributed by atoms with van der Waals surface area (Å²) in [5.41, 5.74) is 5.29. The maximum absolute atomic E-state index is 8.50. The van der Waals surface area contributed by atoms with E-state index in [4.69, 9.17) is 15.7 Å². The summed E-state index contributed by atoms with van der Waals surface area (Å²) in [6.45, 7) is 9.58. The highest BCUT2D eigenvalue weighted by Gasteiger charge is 2.19. The van der Waals surface area contributed by atoms with Gasteiger partial charge in [0.15, 0.2) is 0 Å². The number of rotatable bonds is 8. The Morgan fingerprint density at radius 1 is 1.50 bits per heavy atom. The number of nitrogens with one attached hydrogen (secondary N) is 1. The Bertz CT molecular complexity index is 217. The van der Waals surface area contributed by atoms with E-state index in [0.29, 0.717) is 13.0 Å². The number of nitrogens with zero attached hydrogens (tertiary/aromatic N) is 1. The highest BCUT2D eigenvalue weighted by atomic mass is 16.5. The lowest BCUT2D eigenvalue weighted by atomic mass is 10.1. The van der Waals surface area contributed by atoms with Gasteiger partial charge in [-0.15, -0.1) is 0 Å². The Labute approximate surface area is 98.0 Å². The van der Waals surface area contributed by atoms with Crippen LogP contribution >= 0.6 is 0 Å². The molecule has 16 heavy (non-hydrogen) atoms. The Morgan fingerprint density at radius 3 is 2.56 bits per heavy atom. The fourth-order valence-corrected chi connectivity index (χ4v) is 1.49. The predicted octanol–water partition coefficient (Wildman–Crippen LogP) is 1.31. The lowest BCUT2D eigenvalue weighted by Crippen LogP contribution is -2.43. The third-order valence-corrected chi connectivity index (χ3v) is 2.43. The van der Waals surface area contributed by atoms with Crippen LogP contribution in [0.1, 0.15) is 40.5 Å². The van der Waals surface area contributed by atoms with E-state index in [-0.39, 0.29) is 17.5 Å². The summed E-state index contributed by atoms with van der Waals surface area (Å²) in [5.74, 6) is 0.258. The predicted molar refractivity (Wildman–Crippen MR) is 65.8 cm³/mol. The average molecular weight is 231 g/mol. The first kappa shape index (κ1) is 15.2. The molecule has 0 aromatic carbocycles. The van der Waals surface area contributed by atoms with E-state index in [1.165, 1.54) is 0 Å². The van der Waals surface area contributed by atoms with Crippen molar-refractivity contribution in [3.63, 3.8) is 0 Å². The second kappa shape index (κ2) is 7.46. The highest BCUT2D eigenvalue weighted by molar-refractivity contribution is 5.80. The van der Waals surface area contributed by atoms with Gasteiger partial charge in [0.2, 0.25) is 0 Å². The minimum Gasteiger partial charge on any atom is -0.409 e. The molecule has 0 spiro atoms. The zero-order valence-electron chi connectivity index (χ0n) is 10.8. The molecular formula is C11H25N3O2. The Balaban J connectivity index is 4.04. The van der Waals surface area contributed by atoms with E-state index >= 15 is 0 Å².